The molecule has 4 heteroatoms. The Labute approximate surface area is 110 Å². The van der Waals surface area contributed by atoms with Gasteiger partial charge in [-0.05, 0) is 43.4 Å². The van der Waals surface area contributed by atoms with Gasteiger partial charge < -0.3 is 5.73 Å². The van der Waals surface area contributed by atoms with E-state index in [2.05, 4.69) is 23.2 Å². The summed E-state index contributed by atoms with van der Waals surface area (Å²) in [6.07, 6.45) is 3.87. The molecule has 0 radical (unpaired) electrons. The molecule has 2 aromatic rings. The van der Waals surface area contributed by atoms with Gasteiger partial charge in [-0.3, -0.25) is 0 Å². The molecule has 1 aromatic carbocycles. The van der Waals surface area contributed by atoms with Crippen molar-refractivity contribution in [1.82, 2.24) is 4.98 Å². The van der Waals surface area contributed by atoms with Gasteiger partial charge in [0.25, 0.3) is 0 Å². The van der Waals surface area contributed by atoms with E-state index in [4.69, 9.17) is 5.73 Å². The SMILES string of the molecule is NCCC1(CSc2nc3ccccc3s2)CC1. The lowest BCUT2D eigenvalue weighted by atomic mass is 10.1. The number of nitrogens with zero attached hydrogens (tertiary/aromatic N) is 1. The molecule has 1 heterocycles. The topological polar surface area (TPSA) is 38.9 Å². The molecule has 17 heavy (non-hydrogen) atoms. The van der Waals surface area contributed by atoms with Crippen molar-refractivity contribution in [3.8, 4) is 0 Å². The van der Waals surface area contributed by atoms with Crippen LogP contribution in [0.25, 0.3) is 10.2 Å². The van der Waals surface area contributed by atoms with Crippen LogP contribution in [-0.2, 0) is 0 Å². The maximum atomic E-state index is 5.66. The van der Waals surface area contributed by atoms with Crippen LogP contribution < -0.4 is 5.73 Å². The molecule has 2 N–H and O–H groups in total. The molecule has 2 nitrogen and oxygen atoms in total. The minimum Gasteiger partial charge on any atom is -0.330 e. The van der Waals surface area contributed by atoms with Crippen LogP contribution in [0.1, 0.15) is 19.3 Å². The van der Waals surface area contributed by atoms with E-state index in [1.807, 2.05) is 17.8 Å². The molecule has 0 atom stereocenters. The van der Waals surface area contributed by atoms with Crippen LogP contribution in [0.5, 0.6) is 0 Å². The van der Waals surface area contributed by atoms with Crippen LogP contribution >= 0.6 is 23.1 Å². The zero-order valence-corrected chi connectivity index (χ0v) is 11.3. The molecule has 0 spiro atoms. The highest BCUT2D eigenvalue weighted by atomic mass is 32.2. The number of rotatable bonds is 5. The number of aromatic nitrogens is 1. The Bertz CT molecular complexity index is 484. The third-order valence-electron chi connectivity index (χ3n) is 3.41. The quantitative estimate of drug-likeness (QED) is 0.840. The van der Waals surface area contributed by atoms with Crippen LogP contribution in [-0.4, -0.2) is 17.3 Å². The summed E-state index contributed by atoms with van der Waals surface area (Å²) in [5.41, 5.74) is 7.33. The highest BCUT2D eigenvalue weighted by Gasteiger charge is 2.41. The second-order valence-corrected chi connectivity index (χ2v) is 7.03. The van der Waals surface area contributed by atoms with Gasteiger partial charge >= 0.3 is 0 Å². The van der Waals surface area contributed by atoms with Crippen LogP contribution in [0, 0.1) is 5.41 Å². The lowest BCUT2D eigenvalue weighted by Gasteiger charge is -2.11. The third-order valence-corrected chi connectivity index (χ3v) is 5.94. The van der Waals surface area contributed by atoms with Gasteiger partial charge in [0.15, 0.2) is 4.34 Å². The monoisotopic (exact) mass is 264 g/mol. The lowest BCUT2D eigenvalue weighted by molar-refractivity contribution is 0.537. The fraction of sp³-hybridized carbons (Fsp3) is 0.462. The van der Waals surface area contributed by atoms with Crippen LogP contribution in [0.15, 0.2) is 28.6 Å². The Morgan fingerprint density at radius 2 is 2.18 bits per heavy atom. The van der Waals surface area contributed by atoms with E-state index in [9.17, 15) is 0 Å². The molecule has 0 aliphatic heterocycles. The van der Waals surface area contributed by atoms with Crippen molar-refractivity contribution in [2.24, 2.45) is 11.1 Å². The lowest BCUT2D eigenvalue weighted by Crippen LogP contribution is -2.11. The minimum atomic E-state index is 0.539. The molecule has 1 aromatic heterocycles. The molecular formula is C13H16N2S2. The normalized spacial score (nSPS) is 17.5. The number of hydrogen-bond acceptors (Lipinski definition) is 4. The van der Waals surface area contributed by atoms with Gasteiger partial charge in [-0.25, -0.2) is 4.98 Å². The number of thioether (sulfide) groups is 1. The molecule has 0 unspecified atom stereocenters. The van der Waals surface area contributed by atoms with Crippen molar-refractivity contribution in [2.75, 3.05) is 12.3 Å². The number of fused-ring (bicyclic) bond motifs is 1. The van der Waals surface area contributed by atoms with Crippen molar-refractivity contribution in [1.29, 1.82) is 0 Å². The molecule has 0 amide bonds. The number of thiazole rings is 1. The standard InChI is InChI=1S/C13H16N2S2/c14-8-7-13(5-6-13)9-16-12-15-10-3-1-2-4-11(10)17-12/h1-4H,5-9,14H2. The summed E-state index contributed by atoms with van der Waals surface area (Å²) in [4.78, 5) is 4.65. The maximum absolute atomic E-state index is 5.66. The van der Waals surface area contributed by atoms with E-state index in [0.717, 1.165) is 12.1 Å². The van der Waals surface area contributed by atoms with E-state index in [1.165, 1.54) is 34.1 Å². The van der Waals surface area contributed by atoms with Gasteiger partial charge in [0, 0.05) is 5.75 Å². The van der Waals surface area contributed by atoms with Crippen molar-refractivity contribution < 1.29 is 0 Å². The van der Waals surface area contributed by atoms with Crippen LogP contribution in [0.3, 0.4) is 0 Å². The van der Waals surface area contributed by atoms with Gasteiger partial charge in [-0.2, -0.15) is 0 Å². The maximum Gasteiger partial charge on any atom is 0.151 e. The highest BCUT2D eigenvalue weighted by molar-refractivity contribution is 8.01. The predicted molar refractivity (Wildman–Crippen MR) is 75.7 cm³/mol. The molecule has 0 saturated heterocycles. The molecule has 90 valence electrons. The summed E-state index contributed by atoms with van der Waals surface area (Å²) < 4.78 is 2.49. The first-order valence-corrected chi connectivity index (χ1v) is 7.80. The zero-order chi connectivity index (χ0) is 11.7. The fourth-order valence-electron chi connectivity index (χ4n) is 2.08. The Balaban J connectivity index is 1.69. The average Bonchev–Trinajstić information content (AvgIpc) is 2.98. The summed E-state index contributed by atoms with van der Waals surface area (Å²) in [6, 6.07) is 8.35. The second kappa shape index (κ2) is 4.59. The fourth-order valence-corrected chi connectivity index (χ4v) is 4.48. The second-order valence-electron chi connectivity index (χ2n) is 4.77. The van der Waals surface area contributed by atoms with E-state index in [-0.39, 0.29) is 0 Å². The van der Waals surface area contributed by atoms with Crippen molar-refractivity contribution in [3.63, 3.8) is 0 Å². The smallest absolute Gasteiger partial charge is 0.151 e. The van der Waals surface area contributed by atoms with Crippen molar-refractivity contribution in [2.45, 2.75) is 23.6 Å². The van der Waals surface area contributed by atoms with Crippen molar-refractivity contribution in [3.05, 3.63) is 24.3 Å². The molecule has 3 rings (SSSR count). The predicted octanol–water partition coefficient (Wildman–Crippen LogP) is 3.52. The van der Waals surface area contributed by atoms with E-state index in [0.29, 0.717) is 5.41 Å². The first-order valence-electron chi connectivity index (χ1n) is 6.00. The molecule has 0 bridgehead atoms. The van der Waals surface area contributed by atoms with Gasteiger partial charge in [0.2, 0.25) is 0 Å². The van der Waals surface area contributed by atoms with E-state index >= 15 is 0 Å². The molecular weight excluding hydrogens is 248 g/mol. The van der Waals surface area contributed by atoms with Crippen molar-refractivity contribution >= 4 is 33.3 Å². The van der Waals surface area contributed by atoms with Gasteiger partial charge in [0.1, 0.15) is 0 Å². The highest BCUT2D eigenvalue weighted by Crippen LogP contribution is 2.52. The zero-order valence-electron chi connectivity index (χ0n) is 9.69. The first-order chi connectivity index (χ1) is 8.31. The Morgan fingerprint density at radius 3 is 2.88 bits per heavy atom. The summed E-state index contributed by atoms with van der Waals surface area (Å²) in [5.74, 6) is 1.18. The Hall–Kier alpha value is -0.580. The third kappa shape index (κ3) is 2.49. The number of hydrogen-bond donors (Lipinski definition) is 1. The molecule has 1 saturated carbocycles. The Kier molecular flexibility index (Phi) is 3.11. The average molecular weight is 264 g/mol. The summed E-state index contributed by atoms with van der Waals surface area (Å²) in [5, 5.41) is 0. The van der Waals surface area contributed by atoms with E-state index < -0.39 is 0 Å². The molecule has 1 aliphatic carbocycles. The van der Waals surface area contributed by atoms with Crippen LogP contribution in [0.2, 0.25) is 0 Å². The number of para-hydroxylation sites is 1. The minimum absolute atomic E-state index is 0.539. The molecule has 1 fully saturated rings. The first kappa shape index (κ1) is 11.5. The van der Waals surface area contributed by atoms with Gasteiger partial charge in [0.05, 0.1) is 10.2 Å². The Morgan fingerprint density at radius 1 is 1.35 bits per heavy atom. The summed E-state index contributed by atoms with van der Waals surface area (Å²) in [6.45, 7) is 0.820. The van der Waals surface area contributed by atoms with Gasteiger partial charge in [-0.15, -0.1) is 11.3 Å². The van der Waals surface area contributed by atoms with E-state index in [1.54, 1.807) is 11.3 Å². The molecule has 1 aliphatic rings. The summed E-state index contributed by atoms with van der Waals surface area (Å²) in [7, 11) is 0. The largest absolute Gasteiger partial charge is 0.330 e. The number of nitrogens with two attached hydrogens (primary N) is 1. The number of benzene rings is 1. The van der Waals surface area contributed by atoms with Crippen LogP contribution in [0.4, 0.5) is 0 Å². The van der Waals surface area contributed by atoms with Gasteiger partial charge in [-0.1, -0.05) is 23.9 Å². The summed E-state index contributed by atoms with van der Waals surface area (Å²) >= 11 is 3.71.